The highest BCUT2D eigenvalue weighted by Crippen LogP contribution is 2.15. The number of unbranched alkanes of at least 4 members (excludes halogenated alkanes) is 2. The Kier molecular flexibility index (Phi) is 5.00. The van der Waals surface area contributed by atoms with Gasteiger partial charge in [0.15, 0.2) is 0 Å². The van der Waals surface area contributed by atoms with Crippen LogP contribution in [-0.2, 0) is 6.54 Å². The zero-order chi connectivity index (χ0) is 10.2. The molecule has 78 valence electrons. The number of hydrogen-bond acceptors (Lipinski definition) is 3. The first-order valence-electron chi connectivity index (χ1n) is 5.14. The third-order valence-corrected chi connectivity index (χ3v) is 2.10. The predicted octanol–water partition coefficient (Wildman–Crippen LogP) is 2.11. The van der Waals surface area contributed by atoms with Crippen molar-refractivity contribution >= 4 is 0 Å². The fourth-order valence-electron chi connectivity index (χ4n) is 1.24. The van der Waals surface area contributed by atoms with Crippen LogP contribution < -0.4 is 10.5 Å². The van der Waals surface area contributed by atoms with Crippen LogP contribution in [0.5, 0.6) is 5.75 Å². The van der Waals surface area contributed by atoms with E-state index in [2.05, 4.69) is 11.9 Å². The van der Waals surface area contributed by atoms with Gasteiger partial charge in [-0.3, -0.25) is 4.98 Å². The van der Waals surface area contributed by atoms with Gasteiger partial charge in [-0.2, -0.15) is 0 Å². The normalized spacial score (nSPS) is 10.1. The summed E-state index contributed by atoms with van der Waals surface area (Å²) >= 11 is 0. The van der Waals surface area contributed by atoms with Gasteiger partial charge in [0.05, 0.1) is 12.8 Å². The Labute approximate surface area is 85.3 Å². The van der Waals surface area contributed by atoms with Crippen molar-refractivity contribution in [3.8, 4) is 5.75 Å². The maximum Gasteiger partial charge on any atom is 0.142 e. The van der Waals surface area contributed by atoms with Gasteiger partial charge in [0.2, 0.25) is 0 Å². The SMILES string of the molecule is CCCCCOc1cnccc1CN. The van der Waals surface area contributed by atoms with Crippen LogP contribution in [0.2, 0.25) is 0 Å². The highest BCUT2D eigenvalue weighted by Gasteiger charge is 2.00. The quantitative estimate of drug-likeness (QED) is 0.705. The summed E-state index contributed by atoms with van der Waals surface area (Å²) in [6, 6.07) is 1.90. The second-order valence-electron chi connectivity index (χ2n) is 3.24. The van der Waals surface area contributed by atoms with E-state index in [0.29, 0.717) is 6.54 Å². The van der Waals surface area contributed by atoms with E-state index in [9.17, 15) is 0 Å². The third-order valence-electron chi connectivity index (χ3n) is 2.10. The second kappa shape index (κ2) is 6.38. The molecule has 0 aromatic carbocycles. The first-order chi connectivity index (χ1) is 6.88. The smallest absolute Gasteiger partial charge is 0.142 e. The van der Waals surface area contributed by atoms with Crippen molar-refractivity contribution in [3.05, 3.63) is 24.0 Å². The van der Waals surface area contributed by atoms with Crippen molar-refractivity contribution in [2.24, 2.45) is 5.73 Å². The van der Waals surface area contributed by atoms with Gasteiger partial charge in [-0.1, -0.05) is 19.8 Å². The van der Waals surface area contributed by atoms with Crippen molar-refractivity contribution in [2.45, 2.75) is 32.7 Å². The lowest BCUT2D eigenvalue weighted by Gasteiger charge is -2.08. The molecular weight excluding hydrogens is 176 g/mol. The number of nitrogens with zero attached hydrogens (tertiary/aromatic N) is 1. The van der Waals surface area contributed by atoms with E-state index in [4.69, 9.17) is 10.5 Å². The fourth-order valence-corrected chi connectivity index (χ4v) is 1.24. The summed E-state index contributed by atoms with van der Waals surface area (Å²) in [6.45, 7) is 3.44. The van der Waals surface area contributed by atoms with Crippen LogP contribution in [0.15, 0.2) is 18.5 Å². The number of rotatable bonds is 6. The molecule has 0 radical (unpaired) electrons. The minimum Gasteiger partial charge on any atom is -0.492 e. The maximum absolute atomic E-state index is 5.59. The Bertz CT molecular complexity index is 263. The topological polar surface area (TPSA) is 48.1 Å². The number of aromatic nitrogens is 1. The molecule has 2 N–H and O–H groups in total. The van der Waals surface area contributed by atoms with Crippen LogP contribution in [0.1, 0.15) is 31.7 Å². The minimum absolute atomic E-state index is 0.506. The van der Waals surface area contributed by atoms with Gasteiger partial charge in [-0.15, -0.1) is 0 Å². The molecule has 0 spiro atoms. The van der Waals surface area contributed by atoms with Gasteiger partial charge in [0.25, 0.3) is 0 Å². The predicted molar refractivity (Wildman–Crippen MR) is 57.1 cm³/mol. The number of ether oxygens (including phenoxy) is 1. The Morgan fingerprint density at radius 1 is 1.43 bits per heavy atom. The van der Waals surface area contributed by atoms with Gasteiger partial charge in [-0.25, -0.2) is 0 Å². The van der Waals surface area contributed by atoms with Gasteiger partial charge in [0, 0.05) is 18.3 Å². The number of hydrogen-bond donors (Lipinski definition) is 1. The molecule has 14 heavy (non-hydrogen) atoms. The molecule has 0 atom stereocenters. The van der Waals surface area contributed by atoms with Crippen molar-refractivity contribution < 1.29 is 4.74 Å². The molecule has 1 heterocycles. The first kappa shape index (κ1) is 11.0. The van der Waals surface area contributed by atoms with E-state index in [1.54, 1.807) is 12.4 Å². The van der Waals surface area contributed by atoms with Crippen molar-refractivity contribution in [3.63, 3.8) is 0 Å². The molecule has 1 aromatic rings. The van der Waals surface area contributed by atoms with E-state index in [0.717, 1.165) is 24.3 Å². The van der Waals surface area contributed by atoms with E-state index >= 15 is 0 Å². The third kappa shape index (κ3) is 3.34. The molecule has 3 heteroatoms. The summed E-state index contributed by atoms with van der Waals surface area (Å²) in [7, 11) is 0. The largest absolute Gasteiger partial charge is 0.492 e. The van der Waals surface area contributed by atoms with Crippen molar-refractivity contribution in [2.75, 3.05) is 6.61 Å². The molecule has 3 nitrogen and oxygen atoms in total. The van der Waals surface area contributed by atoms with Crippen LogP contribution in [0.4, 0.5) is 0 Å². The van der Waals surface area contributed by atoms with Gasteiger partial charge in [0.1, 0.15) is 5.75 Å². The molecule has 0 amide bonds. The molecular formula is C11H18N2O. The van der Waals surface area contributed by atoms with Crippen LogP contribution in [0.3, 0.4) is 0 Å². The highest BCUT2D eigenvalue weighted by atomic mass is 16.5. The summed E-state index contributed by atoms with van der Waals surface area (Å²) < 4.78 is 5.59. The van der Waals surface area contributed by atoms with E-state index in [-0.39, 0.29) is 0 Å². The standard InChI is InChI=1S/C11H18N2O/c1-2-3-4-7-14-11-9-13-6-5-10(11)8-12/h5-6,9H,2-4,7-8,12H2,1H3. The monoisotopic (exact) mass is 194 g/mol. The van der Waals surface area contributed by atoms with Crippen LogP contribution in [0, 0.1) is 0 Å². The lowest BCUT2D eigenvalue weighted by molar-refractivity contribution is 0.302. The van der Waals surface area contributed by atoms with E-state index in [1.807, 2.05) is 6.07 Å². The van der Waals surface area contributed by atoms with Gasteiger partial charge >= 0.3 is 0 Å². The molecule has 0 aliphatic carbocycles. The highest BCUT2D eigenvalue weighted by molar-refractivity contribution is 5.29. The van der Waals surface area contributed by atoms with E-state index < -0.39 is 0 Å². The minimum atomic E-state index is 0.506. The molecule has 0 aliphatic rings. The van der Waals surface area contributed by atoms with Crippen LogP contribution in [-0.4, -0.2) is 11.6 Å². The van der Waals surface area contributed by atoms with Gasteiger partial charge < -0.3 is 10.5 Å². The van der Waals surface area contributed by atoms with Crippen molar-refractivity contribution in [1.29, 1.82) is 0 Å². The summed E-state index contributed by atoms with van der Waals surface area (Å²) in [6.07, 6.45) is 6.98. The molecule has 0 unspecified atom stereocenters. The average molecular weight is 194 g/mol. The fraction of sp³-hybridized carbons (Fsp3) is 0.545. The Morgan fingerprint density at radius 3 is 3.00 bits per heavy atom. The summed E-state index contributed by atoms with van der Waals surface area (Å²) in [5, 5.41) is 0. The molecule has 1 aromatic heterocycles. The zero-order valence-corrected chi connectivity index (χ0v) is 8.70. The summed E-state index contributed by atoms with van der Waals surface area (Å²) in [5.41, 5.74) is 6.60. The summed E-state index contributed by atoms with van der Waals surface area (Å²) in [5.74, 6) is 0.825. The Hall–Kier alpha value is -1.09. The lowest BCUT2D eigenvalue weighted by Crippen LogP contribution is -2.04. The Morgan fingerprint density at radius 2 is 2.29 bits per heavy atom. The molecule has 0 aliphatic heterocycles. The van der Waals surface area contributed by atoms with Crippen LogP contribution in [0.25, 0.3) is 0 Å². The molecule has 1 rings (SSSR count). The lowest BCUT2D eigenvalue weighted by atomic mass is 10.2. The molecule has 0 saturated heterocycles. The maximum atomic E-state index is 5.59. The average Bonchev–Trinajstić information content (AvgIpc) is 2.25. The van der Waals surface area contributed by atoms with E-state index in [1.165, 1.54) is 12.8 Å². The van der Waals surface area contributed by atoms with Crippen LogP contribution >= 0.6 is 0 Å². The number of pyridine rings is 1. The van der Waals surface area contributed by atoms with Gasteiger partial charge in [-0.05, 0) is 12.5 Å². The zero-order valence-electron chi connectivity index (χ0n) is 8.70. The molecule has 0 fully saturated rings. The van der Waals surface area contributed by atoms with Crippen molar-refractivity contribution in [1.82, 2.24) is 4.98 Å². The Balaban J connectivity index is 2.41. The molecule has 0 bridgehead atoms. The number of nitrogens with two attached hydrogens (primary N) is 1. The second-order valence-corrected chi connectivity index (χ2v) is 3.24. The first-order valence-corrected chi connectivity index (χ1v) is 5.14. The molecule has 0 saturated carbocycles. The summed E-state index contributed by atoms with van der Waals surface area (Å²) in [4.78, 5) is 4.01.